The molecule has 0 saturated carbocycles. The normalized spacial score (nSPS) is 14.1. The summed E-state index contributed by atoms with van der Waals surface area (Å²) in [5, 5.41) is 1.08. The van der Waals surface area contributed by atoms with Crippen molar-refractivity contribution in [2.24, 2.45) is 0 Å². The highest BCUT2D eigenvalue weighted by Gasteiger charge is 2.18. The molecule has 1 amide bonds. The minimum atomic E-state index is 0.0532. The van der Waals surface area contributed by atoms with Gasteiger partial charge in [0.1, 0.15) is 0 Å². The summed E-state index contributed by atoms with van der Waals surface area (Å²) in [6.07, 6.45) is 6.24. The second-order valence-corrected chi connectivity index (χ2v) is 6.03. The lowest BCUT2D eigenvalue weighted by Gasteiger charge is -2.27. The molecule has 1 aliphatic rings. The molecule has 4 rings (SSSR count). The molecule has 0 bridgehead atoms. The number of hydrogen-bond acceptors (Lipinski definition) is 2. The topological polar surface area (TPSA) is 33.2 Å². The van der Waals surface area contributed by atoms with Crippen LogP contribution in [0, 0.1) is 0 Å². The molecule has 0 spiro atoms. The highest BCUT2D eigenvalue weighted by atomic mass is 16.2. The van der Waals surface area contributed by atoms with Crippen LogP contribution in [0.15, 0.2) is 66.9 Å². The van der Waals surface area contributed by atoms with E-state index in [-0.39, 0.29) is 5.91 Å². The van der Waals surface area contributed by atoms with Gasteiger partial charge in [-0.25, -0.2) is 0 Å². The van der Waals surface area contributed by atoms with E-state index in [1.165, 1.54) is 11.1 Å². The number of para-hydroxylation sites is 1. The maximum atomic E-state index is 12.5. The van der Waals surface area contributed by atoms with Crippen molar-refractivity contribution in [2.45, 2.75) is 13.0 Å². The minimum Gasteiger partial charge on any atom is -0.334 e. The molecule has 0 atom stereocenters. The van der Waals surface area contributed by atoms with Crippen LogP contribution in [0.25, 0.3) is 17.0 Å². The zero-order valence-corrected chi connectivity index (χ0v) is 13.4. The van der Waals surface area contributed by atoms with Crippen LogP contribution in [-0.2, 0) is 17.8 Å². The molecule has 1 aliphatic heterocycles. The minimum absolute atomic E-state index is 0.0532. The largest absolute Gasteiger partial charge is 0.334 e. The fraction of sp³-hybridized carbons (Fsp3) is 0.143. The third-order valence-electron chi connectivity index (χ3n) is 4.51. The average molecular weight is 314 g/mol. The fourth-order valence-corrected chi connectivity index (χ4v) is 3.21. The standard InChI is InChI=1S/C21H18N2O/c24-20(23-14-12-16-5-1-2-6-19(16)15-23)11-10-18-8-3-7-17-9-4-13-22-21(17)18/h1-11,13H,12,14-15H2/b11-10+. The van der Waals surface area contributed by atoms with Crippen LogP contribution < -0.4 is 0 Å². The first kappa shape index (κ1) is 14.6. The van der Waals surface area contributed by atoms with Crippen LogP contribution in [0.4, 0.5) is 0 Å². The van der Waals surface area contributed by atoms with Crippen molar-refractivity contribution < 1.29 is 4.79 Å². The number of nitrogens with zero attached hydrogens (tertiary/aromatic N) is 2. The van der Waals surface area contributed by atoms with Gasteiger partial charge in [0.05, 0.1) is 5.52 Å². The van der Waals surface area contributed by atoms with E-state index < -0.39 is 0 Å². The van der Waals surface area contributed by atoms with Gasteiger partial charge in [0.25, 0.3) is 0 Å². The monoisotopic (exact) mass is 314 g/mol. The molecule has 0 aliphatic carbocycles. The summed E-state index contributed by atoms with van der Waals surface area (Å²) in [6, 6.07) is 18.3. The Labute approximate surface area is 141 Å². The number of pyridine rings is 1. The van der Waals surface area contributed by atoms with Gasteiger partial charge in [0.15, 0.2) is 0 Å². The predicted octanol–water partition coefficient (Wildman–Crippen LogP) is 3.83. The number of amides is 1. The van der Waals surface area contributed by atoms with Gasteiger partial charge in [-0.2, -0.15) is 0 Å². The molecule has 3 nitrogen and oxygen atoms in total. The van der Waals surface area contributed by atoms with Crippen LogP contribution in [0.5, 0.6) is 0 Å². The Bertz CT molecular complexity index is 925. The number of carbonyl (C=O) groups excluding carboxylic acids is 1. The smallest absolute Gasteiger partial charge is 0.246 e. The molecule has 3 aromatic rings. The summed E-state index contributed by atoms with van der Waals surface area (Å²) in [6.45, 7) is 1.46. The fourth-order valence-electron chi connectivity index (χ4n) is 3.21. The van der Waals surface area contributed by atoms with Gasteiger partial charge < -0.3 is 4.90 Å². The zero-order chi connectivity index (χ0) is 16.4. The van der Waals surface area contributed by atoms with Crippen molar-refractivity contribution in [3.8, 4) is 0 Å². The Hall–Kier alpha value is -2.94. The SMILES string of the molecule is O=C(/C=C/c1cccc2cccnc12)N1CCc2ccccc2C1. The molecule has 2 aromatic carbocycles. The van der Waals surface area contributed by atoms with E-state index in [4.69, 9.17) is 0 Å². The molecule has 24 heavy (non-hydrogen) atoms. The lowest BCUT2D eigenvalue weighted by molar-refractivity contribution is -0.126. The third kappa shape index (κ3) is 2.81. The molecule has 0 unspecified atom stereocenters. The number of aromatic nitrogens is 1. The van der Waals surface area contributed by atoms with Crippen LogP contribution in [0.2, 0.25) is 0 Å². The first-order chi connectivity index (χ1) is 11.8. The second-order valence-electron chi connectivity index (χ2n) is 6.03. The molecule has 118 valence electrons. The van der Waals surface area contributed by atoms with Crippen LogP contribution in [-0.4, -0.2) is 22.3 Å². The van der Waals surface area contributed by atoms with Crippen LogP contribution >= 0.6 is 0 Å². The van der Waals surface area contributed by atoms with E-state index >= 15 is 0 Å². The average Bonchev–Trinajstić information content (AvgIpc) is 2.65. The quantitative estimate of drug-likeness (QED) is 0.674. The van der Waals surface area contributed by atoms with Crippen LogP contribution in [0.3, 0.4) is 0 Å². The number of benzene rings is 2. The second kappa shape index (κ2) is 6.28. The predicted molar refractivity (Wildman–Crippen MR) is 96.3 cm³/mol. The van der Waals surface area contributed by atoms with Crippen molar-refractivity contribution >= 4 is 22.9 Å². The lowest BCUT2D eigenvalue weighted by atomic mass is 10.00. The van der Waals surface area contributed by atoms with Gasteiger partial charge in [-0.15, -0.1) is 0 Å². The van der Waals surface area contributed by atoms with Gasteiger partial charge in [-0.05, 0) is 29.7 Å². The third-order valence-corrected chi connectivity index (χ3v) is 4.51. The highest BCUT2D eigenvalue weighted by Crippen LogP contribution is 2.20. The first-order valence-corrected chi connectivity index (χ1v) is 8.19. The molecule has 0 saturated heterocycles. The summed E-state index contributed by atoms with van der Waals surface area (Å²) < 4.78 is 0. The Morgan fingerprint density at radius 1 is 1.00 bits per heavy atom. The number of carbonyl (C=O) groups is 1. The molecular weight excluding hydrogens is 296 g/mol. The van der Waals surface area contributed by atoms with E-state index in [0.29, 0.717) is 6.54 Å². The number of rotatable bonds is 2. The Balaban J connectivity index is 1.55. The Morgan fingerprint density at radius 2 is 1.83 bits per heavy atom. The molecular formula is C21H18N2O. The van der Waals surface area contributed by atoms with E-state index in [1.807, 2.05) is 47.4 Å². The summed E-state index contributed by atoms with van der Waals surface area (Å²) in [4.78, 5) is 18.9. The number of fused-ring (bicyclic) bond motifs is 2. The van der Waals surface area contributed by atoms with Crippen molar-refractivity contribution in [3.05, 3.63) is 83.6 Å². The zero-order valence-electron chi connectivity index (χ0n) is 13.4. The lowest BCUT2D eigenvalue weighted by Crippen LogP contribution is -2.34. The molecule has 0 fully saturated rings. The molecule has 2 heterocycles. The Morgan fingerprint density at radius 3 is 2.75 bits per heavy atom. The van der Waals surface area contributed by atoms with Crippen molar-refractivity contribution in [3.63, 3.8) is 0 Å². The van der Waals surface area contributed by atoms with Crippen molar-refractivity contribution in [1.29, 1.82) is 0 Å². The Kier molecular flexibility index (Phi) is 3.83. The molecule has 3 heteroatoms. The van der Waals surface area contributed by atoms with E-state index in [1.54, 1.807) is 12.3 Å². The molecule has 0 N–H and O–H groups in total. The molecule has 1 aromatic heterocycles. The summed E-state index contributed by atoms with van der Waals surface area (Å²) >= 11 is 0. The van der Waals surface area contributed by atoms with Gasteiger partial charge in [-0.3, -0.25) is 9.78 Å². The summed E-state index contributed by atoms with van der Waals surface area (Å²) in [7, 11) is 0. The van der Waals surface area contributed by atoms with E-state index in [2.05, 4.69) is 23.2 Å². The molecule has 0 radical (unpaired) electrons. The van der Waals surface area contributed by atoms with E-state index in [9.17, 15) is 4.79 Å². The van der Waals surface area contributed by atoms with Gasteiger partial charge in [0.2, 0.25) is 5.91 Å². The van der Waals surface area contributed by atoms with Crippen molar-refractivity contribution in [2.75, 3.05) is 6.54 Å². The highest BCUT2D eigenvalue weighted by molar-refractivity contribution is 5.95. The van der Waals surface area contributed by atoms with E-state index in [0.717, 1.165) is 29.4 Å². The van der Waals surface area contributed by atoms with Crippen molar-refractivity contribution in [1.82, 2.24) is 9.88 Å². The summed E-state index contributed by atoms with van der Waals surface area (Å²) in [5.74, 6) is 0.0532. The van der Waals surface area contributed by atoms with Gasteiger partial charge >= 0.3 is 0 Å². The first-order valence-electron chi connectivity index (χ1n) is 8.19. The summed E-state index contributed by atoms with van der Waals surface area (Å²) in [5.41, 5.74) is 4.49. The number of hydrogen-bond donors (Lipinski definition) is 0. The maximum absolute atomic E-state index is 12.5. The van der Waals surface area contributed by atoms with Crippen LogP contribution in [0.1, 0.15) is 16.7 Å². The van der Waals surface area contributed by atoms with Gasteiger partial charge in [0, 0.05) is 36.3 Å². The van der Waals surface area contributed by atoms with Gasteiger partial charge in [-0.1, -0.05) is 48.5 Å². The maximum Gasteiger partial charge on any atom is 0.246 e.